The van der Waals surface area contributed by atoms with Crippen LogP contribution in [0.3, 0.4) is 0 Å². The third-order valence-electron chi connectivity index (χ3n) is 2.14. The summed E-state index contributed by atoms with van der Waals surface area (Å²) in [4.78, 5) is 0. The molecule has 0 radical (unpaired) electrons. The summed E-state index contributed by atoms with van der Waals surface area (Å²) in [5.41, 5.74) is 2.18. The molecule has 11 heavy (non-hydrogen) atoms. The Labute approximate surface area is 68.3 Å². The number of allylic oxidation sites excluding steroid dienone is 4. The molecule has 1 nitrogen and oxygen atoms in total. The van der Waals surface area contributed by atoms with Gasteiger partial charge in [-0.1, -0.05) is 30.7 Å². The van der Waals surface area contributed by atoms with Gasteiger partial charge >= 0.3 is 0 Å². The van der Waals surface area contributed by atoms with Crippen LogP contribution in [0.25, 0.3) is 0 Å². The Morgan fingerprint density at radius 1 is 1.73 bits per heavy atom. The van der Waals surface area contributed by atoms with Gasteiger partial charge in [0.2, 0.25) is 0 Å². The van der Waals surface area contributed by atoms with Crippen LogP contribution in [0.1, 0.15) is 26.7 Å². The molecule has 0 heterocycles. The molecule has 0 aromatic rings. The second-order valence-corrected chi connectivity index (χ2v) is 3.02. The van der Waals surface area contributed by atoms with Gasteiger partial charge in [0.05, 0.1) is 0 Å². The van der Waals surface area contributed by atoms with Gasteiger partial charge < -0.3 is 5.41 Å². The van der Waals surface area contributed by atoms with E-state index < -0.39 is 0 Å². The van der Waals surface area contributed by atoms with Crippen molar-refractivity contribution in [1.29, 1.82) is 5.41 Å². The highest BCUT2D eigenvalue weighted by Gasteiger charge is 2.08. The van der Waals surface area contributed by atoms with Gasteiger partial charge in [0, 0.05) is 11.6 Å². The minimum absolute atomic E-state index is 0.366. The zero-order valence-corrected chi connectivity index (χ0v) is 7.22. The lowest BCUT2D eigenvalue weighted by molar-refractivity contribution is 0.839. The number of hydrogen-bond donors (Lipinski definition) is 1. The number of rotatable bonds is 2. The summed E-state index contributed by atoms with van der Waals surface area (Å²) in [6.45, 7) is 4.04. The topological polar surface area (TPSA) is 23.9 Å². The van der Waals surface area contributed by atoms with Crippen LogP contribution in [0.5, 0.6) is 0 Å². The van der Waals surface area contributed by atoms with Gasteiger partial charge in [-0.25, -0.2) is 0 Å². The minimum atomic E-state index is 0.366. The summed E-state index contributed by atoms with van der Waals surface area (Å²) in [7, 11) is 0. The smallest absolute Gasteiger partial charge is 0.0180 e. The van der Waals surface area contributed by atoms with E-state index in [2.05, 4.69) is 25.2 Å². The van der Waals surface area contributed by atoms with E-state index in [9.17, 15) is 0 Å². The molecule has 1 rings (SSSR count). The van der Waals surface area contributed by atoms with Crippen LogP contribution in [0.2, 0.25) is 0 Å². The normalized spacial score (nSPS) is 23.1. The molecule has 0 aromatic heterocycles. The zero-order valence-electron chi connectivity index (χ0n) is 7.22. The minimum Gasteiger partial charge on any atom is -0.309 e. The SMILES string of the molecule is CCC1=CCC(C(C)=N)C=C1. The van der Waals surface area contributed by atoms with Gasteiger partial charge in [0.15, 0.2) is 0 Å². The standard InChI is InChI=1S/C10H15N/c1-3-9-4-6-10(7-5-9)8(2)11/h4-6,10-11H,3,7H2,1-2H3. The van der Waals surface area contributed by atoms with Crippen molar-refractivity contribution >= 4 is 5.71 Å². The average molecular weight is 149 g/mol. The van der Waals surface area contributed by atoms with Gasteiger partial charge in [-0.3, -0.25) is 0 Å². The van der Waals surface area contributed by atoms with Gasteiger partial charge in [-0.05, 0) is 19.8 Å². The fourth-order valence-electron chi connectivity index (χ4n) is 1.25. The van der Waals surface area contributed by atoms with Crippen LogP contribution in [0.4, 0.5) is 0 Å². The van der Waals surface area contributed by atoms with Crippen LogP contribution < -0.4 is 0 Å². The molecule has 1 aliphatic rings. The summed E-state index contributed by atoms with van der Waals surface area (Å²) in [5.74, 6) is 0.366. The molecule has 0 saturated carbocycles. The maximum Gasteiger partial charge on any atom is 0.0180 e. The molecule has 0 amide bonds. The number of hydrogen-bond acceptors (Lipinski definition) is 1. The summed E-state index contributed by atoms with van der Waals surface area (Å²) in [6, 6.07) is 0. The molecule has 0 fully saturated rings. The van der Waals surface area contributed by atoms with E-state index in [0.29, 0.717) is 5.92 Å². The Morgan fingerprint density at radius 3 is 2.82 bits per heavy atom. The molecule has 1 unspecified atom stereocenters. The highest BCUT2D eigenvalue weighted by Crippen LogP contribution is 2.18. The van der Waals surface area contributed by atoms with Crippen LogP contribution in [0.15, 0.2) is 23.8 Å². The first kappa shape index (κ1) is 8.25. The van der Waals surface area contributed by atoms with Crippen molar-refractivity contribution in [3.05, 3.63) is 23.8 Å². The lowest BCUT2D eigenvalue weighted by Gasteiger charge is -2.13. The molecular formula is C10H15N. The Kier molecular flexibility index (Phi) is 2.64. The third kappa shape index (κ3) is 2.04. The lowest BCUT2D eigenvalue weighted by atomic mass is 9.92. The third-order valence-corrected chi connectivity index (χ3v) is 2.14. The summed E-state index contributed by atoms with van der Waals surface area (Å²) in [6.07, 6.45) is 8.66. The predicted octanol–water partition coefficient (Wildman–Crippen LogP) is 2.94. The zero-order chi connectivity index (χ0) is 8.27. The van der Waals surface area contributed by atoms with Crippen LogP contribution in [-0.4, -0.2) is 5.71 Å². The molecule has 0 saturated heterocycles. The van der Waals surface area contributed by atoms with Crippen LogP contribution in [-0.2, 0) is 0 Å². The van der Waals surface area contributed by atoms with E-state index >= 15 is 0 Å². The Balaban J connectivity index is 2.57. The van der Waals surface area contributed by atoms with Crippen molar-refractivity contribution in [3.8, 4) is 0 Å². The molecular weight excluding hydrogens is 134 g/mol. The Bertz CT molecular complexity index is 211. The van der Waals surface area contributed by atoms with Crippen molar-refractivity contribution in [3.63, 3.8) is 0 Å². The van der Waals surface area contributed by atoms with E-state index in [4.69, 9.17) is 5.41 Å². The quantitative estimate of drug-likeness (QED) is 0.584. The van der Waals surface area contributed by atoms with Gasteiger partial charge in [0.1, 0.15) is 0 Å². The van der Waals surface area contributed by atoms with Gasteiger partial charge in [-0.15, -0.1) is 0 Å². The second-order valence-electron chi connectivity index (χ2n) is 3.02. The van der Waals surface area contributed by atoms with Crippen molar-refractivity contribution in [2.75, 3.05) is 0 Å². The highest BCUT2D eigenvalue weighted by atomic mass is 14.4. The van der Waals surface area contributed by atoms with Crippen LogP contribution >= 0.6 is 0 Å². The van der Waals surface area contributed by atoms with E-state index in [1.165, 1.54) is 5.57 Å². The van der Waals surface area contributed by atoms with Crippen molar-refractivity contribution in [2.24, 2.45) is 5.92 Å². The molecule has 0 aromatic carbocycles. The molecule has 0 spiro atoms. The first-order valence-electron chi connectivity index (χ1n) is 4.16. The van der Waals surface area contributed by atoms with Gasteiger partial charge in [0.25, 0.3) is 0 Å². The fraction of sp³-hybridized carbons (Fsp3) is 0.500. The van der Waals surface area contributed by atoms with Crippen LogP contribution in [0, 0.1) is 11.3 Å². The molecule has 0 bridgehead atoms. The maximum absolute atomic E-state index is 7.43. The molecule has 60 valence electrons. The van der Waals surface area contributed by atoms with E-state index in [0.717, 1.165) is 18.6 Å². The van der Waals surface area contributed by atoms with Crippen molar-refractivity contribution in [1.82, 2.24) is 0 Å². The van der Waals surface area contributed by atoms with E-state index in [-0.39, 0.29) is 0 Å². The van der Waals surface area contributed by atoms with Crippen molar-refractivity contribution in [2.45, 2.75) is 26.7 Å². The molecule has 0 aliphatic heterocycles. The lowest BCUT2D eigenvalue weighted by Crippen LogP contribution is -2.08. The summed E-state index contributed by atoms with van der Waals surface area (Å²) < 4.78 is 0. The second kappa shape index (κ2) is 3.51. The molecule has 1 aliphatic carbocycles. The average Bonchev–Trinajstić information content (AvgIpc) is 2.05. The fourth-order valence-corrected chi connectivity index (χ4v) is 1.25. The predicted molar refractivity (Wildman–Crippen MR) is 49.0 cm³/mol. The summed E-state index contributed by atoms with van der Waals surface area (Å²) in [5, 5.41) is 7.43. The number of nitrogens with one attached hydrogen (secondary N) is 1. The largest absolute Gasteiger partial charge is 0.309 e. The first-order chi connectivity index (χ1) is 5.24. The maximum atomic E-state index is 7.43. The molecule has 1 N–H and O–H groups in total. The Morgan fingerprint density at radius 2 is 2.45 bits per heavy atom. The first-order valence-corrected chi connectivity index (χ1v) is 4.16. The van der Waals surface area contributed by atoms with E-state index in [1.807, 2.05) is 6.92 Å². The monoisotopic (exact) mass is 149 g/mol. The highest BCUT2D eigenvalue weighted by molar-refractivity contribution is 5.83. The van der Waals surface area contributed by atoms with Crippen molar-refractivity contribution < 1.29 is 0 Å². The molecule has 1 atom stereocenters. The van der Waals surface area contributed by atoms with Gasteiger partial charge in [-0.2, -0.15) is 0 Å². The molecule has 1 heteroatoms. The van der Waals surface area contributed by atoms with E-state index in [1.54, 1.807) is 0 Å². The Hall–Kier alpha value is -0.850. The summed E-state index contributed by atoms with van der Waals surface area (Å²) >= 11 is 0.